The summed E-state index contributed by atoms with van der Waals surface area (Å²) >= 11 is 3.57. The third-order valence-electron chi connectivity index (χ3n) is 4.61. The van der Waals surface area contributed by atoms with Crippen LogP contribution < -0.4 is 10.1 Å². The third-order valence-corrected chi connectivity index (χ3v) is 7.73. The minimum Gasteiger partial charge on any atom is -0.477 e. The maximum Gasteiger partial charge on any atom is 0.352 e. The Morgan fingerprint density at radius 2 is 2.28 bits per heavy atom. The molecule has 2 aliphatic heterocycles. The lowest BCUT2D eigenvalue weighted by atomic mass is 10.0. The Balaban J connectivity index is 1.49. The molecule has 1 fully saturated rings. The number of thioether (sulfide) groups is 2. The first-order valence-electron chi connectivity index (χ1n) is 8.82. The zero-order valence-corrected chi connectivity index (χ0v) is 18.6. The number of amides is 2. The fraction of sp³-hybridized carbons (Fsp3) is 0.333. The number of thiazole rings is 1. The summed E-state index contributed by atoms with van der Waals surface area (Å²) in [5.41, 5.74) is 0.171. The normalized spacial score (nSPS) is 20.7. The van der Waals surface area contributed by atoms with Crippen molar-refractivity contribution in [1.29, 1.82) is 5.41 Å². The van der Waals surface area contributed by atoms with Crippen LogP contribution in [0.15, 0.2) is 27.0 Å². The largest absolute Gasteiger partial charge is 0.477 e. The number of aryl methyl sites for hydroxylation is 1. The maximum absolute atomic E-state index is 12.7. The van der Waals surface area contributed by atoms with Gasteiger partial charge in [-0.15, -0.1) is 28.2 Å². The van der Waals surface area contributed by atoms with Gasteiger partial charge in [0.2, 0.25) is 5.16 Å². The van der Waals surface area contributed by atoms with Crippen LogP contribution in [0.5, 0.6) is 0 Å². The summed E-state index contributed by atoms with van der Waals surface area (Å²) in [5.74, 6) is -2.03. The van der Waals surface area contributed by atoms with Crippen LogP contribution in [-0.4, -0.2) is 86.8 Å². The smallest absolute Gasteiger partial charge is 0.352 e. The maximum atomic E-state index is 12.7. The standard InChI is InChI=1S/C15H15N9O5S3/c1-23-15(19-21-22-23)32-3-5-2-30-12-8(11(26)24(12)9(5)13(27)28)18-10(25)7(20-29)6-4-31-14(16)17-6/h4,8,12,29H,2-3H2,1H3,(H2,16,17)(H,18,25)(H,27,28)/b20-7-/t8?,12-/m1/s1. The van der Waals surface area contributed by atoms with E-state index in [4.69, 9.17) is 5.41 Å². The van der Waals surface area contributed by atoms with Crippen LogP contribution in [0.1, 0.15) is 5.69 Å². The number of tetrazole rings is 1. The van der Waals surface area contributed by atoms with Gasteiger partial charge >= 0.3 is 5.97 Å². The molecular formula is C15H15N9O5S3. The molecule has 2 aromatic heterocycles. The molecule has 2 atom stereocenters. The number of carbonyl (C=O) groups is 3. The lowest BCUT2D eigenvalue weighted by Gasteiger charge is -2.49. The monoisotopic (exact) mass is 497 g/mol. The highest BCUT2D eigenvalue weighted by atomic mass is 32.2. The molecular weight excluding hydrogens is 482 g/mol. The molecule has 1 saturated heterocycles. The number of aliphatic carboxylic acids is 1. The lowest BCUT2D eigenvalue weighted by molar-refractivity contribution is -0.150. The molecule has 2 aliphatic rings. The number of β-lactam (4-membered cyclic amide) rings is 1. The molecule has 17 heteroatoms. The van der Waals surface area contributed by atoms with Crippen LogP contribution in [0.3, 0.4) is 0 Å². The van der Waals surface area contributed by atoms with E-state index in [2.05, 4.69) is 31.0 Å². The fourth-order valence-electron chi connectivity index (χ4n) is 3.13. The van der Waals surface area contributed by atoms with E-state index < -0.39 is 29.2 Å². The van der Waals surface area contributed by atoms with Gasteiger partial charge in [0, 0.05) is 23.9 Å². The molecule has 32 heavy (non-hydrogen) atoms. The van der Waals surface area contributed by atoms with Crippen molar-refractivity contribution in [3.05, 3.63) is 27.1 Å². The summed E-state index contributed by atoms with van der Waals surface area (Å²) in [6.07, 6.45) is 0. The second-order valence-electron chi connectivity index (χ2n) is 6.54. The Morgan fingerprint density at radius 3 is 2.88 bits per heavy atom. The van der Waals surface area contributed by atoms with E-state index in [-0.39, 0.29) is 27.7 Å². The summed E-state index contributed by atoms with van der Waals surface area (Å²) < 4.78 is 1.46. The molecule has 0 aliphatic carbocycles. The predicted octanol–water partition coefficient (Wildman–Crippen LogP) is -1.21. The Bertz CT molecular complexity index is 1210. The van der Waals surface area contributed by atoms with Crippen LogP contribution in [-0.2, 0) is 21.4 Å². The van der Waals surface area contributed by atoms with Gasteiger partial charge in [0.1, 0.15) is 17.1 Å². The summed E-state index contributed by atoms with van der Waals surface area (Å²) in [7, 11) is 1.66. The molecule has 0 saturated carbocycles. The highest BCUT2D eigenvalue weighted by Gasteiger charge is 2.54. The van der Waals surface area contributed by atoms with Crippen LogP contribution in [0, 0.1) is 5.41 Å². The highest BCUT2D eigenvalue weighted by molar-refractivity contribution is 8.01. The van der Waals surface area contributed by atoms with Gasteiger partial charge in [-0.1, -0.05) is 16.9 Å². The van der Waals surface area contributed by atoms with Gasteiger partial charge in [0.15, 0.2) is 10.5 Å². The molecule has 4 rings (SSSR count). The number of hydrogen-bond donors (Lipinski definition) is 5. The number of nitrogens with one attached hydrogen (secondary N) is 3. The second kappa shape index (κ2) is 8.75. The number of fused-ring (bicyclic) bond motifs is 1. The molecule has 0 aromatic carbocycles. The van der Waals surface area contributed by atoms with Gasteiger partial charge in [-0.05, 0) is 16.0 Å². The van der Waals surface area contributed by atoms with Crippen LogP contribution in [0.4, 0.5) is 0 Å². The van der Waals surface area contributed by atoms with Crippen molar-refractivity contribution in [3.8, 4) is 0 Å². The van der Waals surface area contributed by atoms with Gasteiger partial charge in [-0.2, -0.15) is 0 Å². The van der Waals surface area contributed by atoms with E-state index in [0.29, 0.717) is 16.5 Å². The Hall–Kier alpha value is -3.18. The minimum absolute atomic E-state index is 0.0569. The van der Waals surface area contributed by atoms with E-state index in [1.165, 1.54) is 33.6 Å². The Morgan fingerprint density at radius 1 is 1.50 bits per heavy atom. The quantitative estimate of drug-likeness (QED) is 0.101. The van der Waals surface area contributed by atoms with E-state index >= 15 is 0 Å². The number of aromatic nitrogens is 5. The molecule has 5 N–H and O–H groups in total. The molecule has 1 unspecified atom stereocenters. The number of carbonyl (C=O) groups excluding carboxylic acids is 2. The van der Waals surface area contributed by atoms with E-state index in [9.17, 15) is 24.7 Å². The SMILES string of the molecule is Cn1nnnc1SCC1=C(C(=O)O)N2C(=O)C(NC(=O)/C(=N\O)c3csc(=N)[nH]3)[C@H]2SC1. The molecule has 14 nitrogen and oxygen atoms in total. The average molecular weight is 498 g/mol. The topological polar surface area (TPSA) is 203 Å². The first-order chi connectivity index (χ1) is 15.3. The van der Waals surface area contributed by atoms with Gasteiger partial charge in [-0.3, -0.25) is 19.9 Å². The molecule has 2 amide bonds. The Labute approximate surface area is 191 Å². The van der Waals surface area contributed by atoms with Crippen LogP contribution in [0.2, 0.25) is 0 Å². The third kappa shape index (κ3) is 3.89. The van der Waals surface area contributed by atoms with Gasteiger partial charge in [0.25, 0.3) is 11.8 Å². The first kappa shape index (κ1) is 22.0. The molecule has 0 spiro atoms. The number of oxime groups is 1. The summed E-state index contributed by atoms with van der Waals surface area (Å²) in [6.45, 7) is 0. The minimum atomic E-state index is -1.24. The predicted molar refractivity (Wildman–Crippen MR) is 112 cm³/mol. The number of carboxylic acid groups (broad SMARTS) is 1. The molecule has 168 valence electrons. The molecule has 4 heterocycles. The van der Waals surface area contributed by atoms with E-state index in [1.54, 1.807) is 7.05 Å². The van der Waals surface area contributed by atoms with Crippen LogP contribution in [0.25, 0.3) is 0 Å². The first-order valence-corrected chi connectivity index (χ1v) is 11.7. The molecule has 2 aromatic rings. The summed E-state index contributed by atoms with van der Waals surface area (Å²) in [5, 5.41) is 44.3. The molecule has 0 bridgehead atoms. The zero-order chi connectivity index (χ0) is 23.0. The number of carboxylic acids is 1. The number of H-pyrrole nitrogens is 1. The van der Waals surface area contributed by atoms with Crippen molar-refractivity contribution in [2.75, 3.05) is 11.5 Å². The van der Waals surface area contributed by atoms with Crippen molar-refractivity contribution in [1.82, 2.24) is 35.4 Å². The summed E-state index contributed by atoms with van der Waals surface area (Å²) in [4.78, 5) is 41.0. The number of hydrogen-bond acceptors (Lipinski definition) is 12. The molecule has 0 radical (unpaired) electrons. The Kier molecular flexibility index (Phi) is 6.02. The van der Waals surface area contributed by atoms with Gasteiger partial charge < -0.3 is 20.6 Å². The number of nitrogens with zero attached hydrogens (tertiary/aromatic N) is 6. The average Bonchev–Trinajstić information content (AvgIpc) is 3.37. The fourth-order valence-corrected chi connectivity index (χ4v) is 6.04. The zero-order valence-electron chi connectivity index (χ0n) is 16.2. The van der Waals surface area contributed by atoms with Crippen LogP contribution >= 0.6 is 34.9 Å². The van der Waals surface area contributed by atoms with Gasteiger partial charge in [0.05, 0.1) is 5.69 Å². The lowest BCUT2D eigenvalue weighted by Crippen LogP contribution is -2.71. The van der Waals surface area contributed by atoms with Gasteiger partial charge in [-0.25, -0.2) is 9.48 Å². The van der Waals surface area contributed by atoms with Crippen molar-refractivity contribution >= 4 is 58.4 Å². The summed E-state index contributed by atoms with van der Waals surface area (Å²) in [6, 6.07) is -0.982. The second-order valence-corrected chi connectivity index (χ2v) is 9.47. The van der Waals surface area contributed by atoms with E-state index in [1.807, 2.05) is 0 Å². The van der Waals surface area contributed by atoms with Crippen molar-refractivity contribution in [2.45, 2.75) is 16.6 Å². The van der Waals surface area contributed by atoms with Crippen molar-refractivity contribution in [3.63, 3.8) is 0 Å². The number of rotatable bonds is 7. The highest BCUT2D eigenvalue weighted by Crippen LogP contribution is 2.41. The van der Waals surface area contributed by atoms with Crippen molar-refractivity contribution in [2.24, 2.45) is 12.2 Å². The number of aromatic amines is 1. The van der Waals surface area contributed by atoms with Crippen molar-refractivity contribution < 1.29 is 24.7 Å². The van der Waals surface area contributed by atoms with E-state index in [0.717, 1.165) is 16.2 Å².